The Morgan fingerprint density at radius 1 is 1.14 bits per heavy atom. The zero-order valence-corrected chi connectivity index (χ0v) is 12.6. The van der Waals surface area contributed by atoms with Gasteiger partial charge < -0.3 is 19.5 Å². The van der Waals surface area contributed by atoms with Crippen molar-refractivity contribution < 1.29 is 14.2 Å². The van der Waals surface area contributed by atoms with Crippen LogP contribution in [-0.4, -0.2) is 44.6 Å². The highest BCUT2D eigenvalue weighted by atomic mass is 16.5. The van der Waals surface area contributed by atoms with Crippen molar-refractivity contribution in [1.82, 2.24) is 5.32 Å². The average Bonchev–Trinajstić information content (AvgIpc) is 2.54. The molecule has 2 fully saturated rings. The van der Waals surface area contributed by atoms with Crippen LogP contribution in [0.5, 0.6) is 5.75 Å². The highest BCUT2D eigenvalue weighted by molar-refractivity contribution is 5.20. The Morgan fingerprint density at radius 2 is 1.95 bits per heavy atom. The Labute approximate surface area is 126 Å². The van der Waals surface area contributed by atoms with Crippen LogP contribution >= 0.6 is 0 Å². The summed E-state index contributed by atoms with van der Waals surface area (Å²) in [7, 11) is 0. The van der Waals surface area contributed by atoms with E-state index in [1.54, 1.807) is 0 Å². The smallest absolute Gasteiger partial charge is 0.119 e. The Balaban J connectivity index is 1.39. The number of rotatable bonds is 5. The minimum atomic E-state index is 0.0639. The number of nitrogens with one attached hydrogen (secondary N) is 1. The van der Waals surface area contributed by atoms with E-state index in [1.807, 2.05) is 30.3 Å². The Hall–Kier alpha value is -1.10. The molecule has 1 aromatic carbocycles. The van der Waals surface area contributed by atoms with E-state index in [2.05, 4.69) is 5.32 Å². The number of hydrogen-bond acceptors (Lipinski definition) is 4. The van der Waals surface area contributed by atoms with Crippen LogP contribution in [0.1, 0.15) is 25.7 Å². The van der Waals surface area contributed by atoms with Gasteiger partial charge in [-0.2, -0.15) is 0 Å². The van der Waals surface area contributed by atoms with E-state index in [0.29, 0.717) is 12.6 Å². The van der Waals surface area contributed by atoms with Gasteiger partial charge in [-0.05, 0) is 37.8 Å². The molecule has 4 nitrogen and oxygen atoms in total. The van der Waals surface area contributed by atoms with Gasteiger partial charge in [0.1, 0.15) is 12.4 Å². The van der Waals surface area contributed by atoms with Crippen molar-refractivity contribution in [2.24, 2.45) is 0 Å². The topological polar surface area (TPSA) is 39.7 Å². The van der Waals surface area contributed by atoms with Gasteiger partial charge in [-0.15, -0.1) is 0 Å². The molecule has 0 bridgehead atoms. The maximum absolute atomic E-state index is 6.06. The summed E-state index contributed by atoms with van der Waals surface area (Å²) in [4.78, 5) is 0. The molecule has 116 valence electrons. The van der Waals surface area contributed by atoms with Gasteiger partial charge in [0.15, 0.2) is 0 Å². The summed E-state index contributed by atoms with van der Waals surface area (Å²) in [5.41, 5.74) is 0.0639. The number of hydrogen-bond donors (Lipinski definition) is 1. The first-order valence-corrected chi connectivity index (χ1v) is 7.99. The minimum Gasteiger partial charge on any atom is -0.492 e. The van der Waals surface area contributed by atoms with Crippen molar-refractivity contribution in [3.63, 3.8) is 0 Å². The maximum Gasteiger partial charge on any atom is 0.119 e. The summed E-state index contributed by atoms with van der Waals surface area (Å²) >= 11 is 0. The molecule has 0 amide bonds. The molecule has 1 spiro atoms. The van der Waals surface area contributed by atoms with Crippen molar-refractivity contribution in [2.75, 3.05) is 33.0 Å². The monoisotopic (exact) mass is 291 g/mol. The Morgan fingerprint density at radius 3 is 2.76 bits per heavy atom. The van der Waals surface area contributed by atoms with E-state index in [1.165, 1.54) is 0 Å². The van der Waals surface area contributed by atoms with Crippen molar-refractivity contribution in [3.05, 3.63) is 30.3 Å². The molecule has 2 heterocycles. The van der Waals surface area contributed by atoms with Gasteiger partial charge in [-0.25, -0.2) is 0 Å². The van der Waals surface area contributed by atoms with Crippen LogP contribution in [0.3, 0.4) is 0 Å². The van der Waals surface area contributed by atoms with Crippen LogP contribution < -0.4 is 10.1 Å². The molecule has 0 aliphatic carbocycles. The van der Waals surface area contributed by atoms with Crippen LogP contribution in [-0.2, 0) is 9.47 Å². The first kappa shape index (κ1) is 14.8. The van der Waals surface area contributed by atoms with Crippen LogP contribution in [0.2, 0.25) is 0 Å². The summed E-state index contributed by atoms with van der Waals surface area (Å²) in [6.07, 6.45) is 4.26. The molecule has 1 N–H and O–H groups in total. The lowest BCUT2D eigenvalue weighted by Gasteiger charge is -2.43. The molecule has 1 atom stereocenters. The van der Waals surface area contributed by atoms with Gasteiger partial charge in [0.2, 0.25) is 0 Å². The normalized spacial score (nSPS) is 24.9. The molecule has 2 aliphatic rings. The van der Waals surface area contributed by atoms with E-state index < -0.39 is 0 Å². The first-order valence-electron chi connectivity index (χ1n) is 7.99. The van der Waals surface area contributed by atoms with E-state index in [0.717, 1.165) is 57.8 Å². The van der Waals surface area contributed by atoms with E-state index in [9.17, 15) is 0 Å². The molecule has 3 rings (SSSR count). The lowest BCUT2D eigenvalue weighted by molar-refractivity contribution is -0.140. The summed E-state index contributed by atoms with van der Waals surface area (Å²) in [6.45, 7) is 4.12. The molecule has 4 heteroatoms. The van der Waals surface area contributed by atoms with Crippen LogP contribution in [0.15, 0.2) is 30.3 Å². The van der Waals surface area contributed by atoms with Gasteiger partial charge in [0.25, 0.3) is 0 Å². The molecule has 2 aliphatic heterocycles. The molecule has 0 aromatic heterocycles. The summed E-state index contributed by atoms with van der Waals surface area (Å²) in [5, 5.41) is 3.62. The summed E-state index contributed by atoms with van der Waals surface area (Å²) < 4.78 is 17.2. The summed E-state index contributed by atoms with van der Waals surface area (Å²) in [5.74, 6) is 0.937. The predicted molar refractivity (Wildman–Crippen MR) is 81.7 cm³/mol. The van der Waals surface area contributed by atoms with Crippen LogP contribution in [0.25, 0.3) is 0 Å². The van der Waals surface area contributed by atoms with Crippen molar-refractivity contribution in [3.8, 4) is 5.75 Å². The fourth-order valence-corrected chi connectivity index (χ4v) is 3.24. The van der Waals surface area contributed by atoms with E-state index >= 15 is 0 Å². The lowest BCUT2D eigenvalue weighted by Crippen LogP contribution is -2.50. The molecular weight excluding hydrogens is 266 g/mol. The highest BCUT2D eigenvalue weighted by Gasteiger charge is 2.38. The van der Waals surface area contributed by atoms with Crippen LogP contribution in [0.4, 0.5) is 0 Å². The van der Waals surface area contributed by atoms with Gasteiger partial charge in [0.05, 0.1) is 5.60 Å². The van der Waals surface area contributed by atoms with E-state index in [-0.39, 0.29) is 5.60 Å². The zero-order chi connectivity index (χ0) is 14.4. The van der Waals surface area contributed by atoms with Gasteiger partial charge >= 0.3 is 0 Å². The second-order valence-electron chi connectivity index (χ2n) is 5.95. The van der Waals surface area contributed by atoms with Crippen molar-refractivity contribution in [2.45, 2.75) is 37.3 Å². The second-order valence-corrected chi connectivity index (χ2v) is 5.95. The standard InChI is InChI=1S/C17H25NO3/c1-2-4-16(5-3-1)20-13-9-18-15-6-10-21-17(14-15)7-11-19-12-8-17/h1-5,15,18H,6-14H2. The Kier molecular flexibility index (Phi) is 5.12. The molecule has 1 aromatic rings. The van der Waals surface area contributed by atoms with Crippen molar-refractivity contribution >= 4 is 0 Å². The number of ether oxygens (including phenoxy) is 3. The third kappa shape index (κ3) is 4.19. The molecule has 2 saturated heterocycles. The van der Waals surface area contributed by atoms with E-state index in [4.69, 9.17) is 14.2 Å². The van der Waals surface area contributed by atoms with Crippen LogP contribution in [0, 0.1) is 0 Å². The fraction of sp³-hybridized carbons (Fsp3) is 0.647. The first-order chi connectivity index (χ1) is 10.4. The van der Waals surface area contributed by atoms with Gasteiger partial charge in [-0.1, -0.05) is 18.2 Å². The number of benzene rings is 1. The lowest BCUT2D eigenvalue weighted by atomic mass is 9.84. The SMILES string of the molecule is c1ccc(OCCNC2CCOC3(CCOCC3)C2)cc1. The summed E-state index contributed by atoms with van der Waals surface area (Å²) in [6, 6.07) is 10.5. The second kappa shape index (κ2) is 7.25. The third-order valence-electron chi connectivity index (χ3n) is 4.44. The maximum atomic E-state index is 6.06. The zero-order valence-electron chi connectivity index (χ0n) is 12.6. The molecule has 0 saturated carbocycles. The average molecular weight is 291 g/mol. The minimum absolute atomic E-state index is 0.0639. The predicted octanol–water partition coefficient (Wildman–Crippen LogP) is 2.38. The Bertz CT molecular complexity index is 412. The largest absolute Gasteiger partial charge is 0.492 e. The quantitative estimate of drug-likeness (QED) is 0.846. The molecular formula is C17H25NO3. The molecule has 0 radical (unpaired) electrons. The van der Waals surface area contributed by atoms with Gasteiger partial charge in [-0.3, -0.25) is 0 Å². The van der Waals surface area contributed by atoms with Crippen molar-refractivity contribution in [1.29, 1.82) is 0 Å². The van der Waals surface area contributed by atoms with Gasteiger partial charge in [0, 0.05) is 32.4 Å². The molecule has 1 unspecified atom stereocenters. The molecule has 21 heavy (non-hydrogen) atoms. The highest BCUT2D eigenvalue weighted by Crippen LogP contribution is 2.34. The fourth-order valence-electron chi connectivity index (χ4n) is 3.24. The third-order valence-corrected chi connectivity index (χ3v) is 4.44. The number of para-hydroxylation sites is 1.